The number of aliphatic hydroxyl groups is 1. The van der Waals surface area contributed by atoms with Crippen molar-refractivity contribution in [3.63, 3.8) is 0 Å². The number of benzene rings is 1. The maximum Gasteiger partial charge on any atom is 0.416 e. The minimum atomic E-state index is -4.43. The average Bonchev–Trinajstić information content (AvgIpc) is 2.80. The Morgan fingerprint density at radius 2 is 1.78 bits per heavy atom. The molecule has 0 saturated heterocycles. The predicted octanol–water partition coefficient (Wildman–Crippen LogP) is 4.72. The molecule has 1 N–H and O–H groups in total. The Morgan fingerprint density at radius 3 is 2.35 bits per heavy atom. The van der Waals surface area contributed by atoms with E-state index < -0.39 is 30.2 Å². The van der Waals surface area contributed by atoms with Crippen molar-refractivity contribution in [2.75, 3.05) is 0 Å². The van der Waals surface area contributed by atoms with Crippen LogP contribution in [-0.2, 0) is 12.6 Å². The summed E-state index contributed by atoms with van der Waals surface area (Å²) in [6, 6.07) is 4.47. The van der Waals surface area contributed by atoms with Gasteiger partial charge in [-0.1, -0.05) is 0 Å². The molecule has 0 amide bonds. The first kappa shape index (κ1) is 16.7. The van der Waals surface area contributed by atoms with Gasteiger partial charge in [-0.15, -0.1) is 0 Å². The lowest BCUT2D eigenvalue weighted by molar-refractivity contribution is -0.137. The molecule has 2 aromatic rings. The van der Waals surface area contributed by atoms with E-state index in [1.54, 1.807) is 10.8 Å². The predicted molar refractivity (Wildman–Crippen MR) is 81.7 cm³/mol. The fourth-order valence-electron chi connectivity index (χ4n) is 2.75. The van der Waals surface area contributed by atoms with Gasteiger partial charge in [0.05, 0.1) is 5.56 Å². The van der Waals surface area contributed by atoms with E-state index in [1.807, 2.05) is 22.6 Å². The third kappa shape index (κ3) is 2.86. The maximum absolute atomic E-state index is 13.7. The van der Waals surface area contributed by atoms with Crippen LogP contribution in [0.3, 0.4) is 0 Å². The largest absolute Gasteiger partial charge is 0.416 e. The molecule has 1 aromatic carbocycles. The van der Waals surface area contributed by atoms with Gasteiger partial charge in [-0.2, -0.15) is 13.2 Å². The number of rotatable bonds is 1. The maximum atomic E-state index is 13.7. The monoisotopic (exact) mass is 443 g/mol. The second-order valence-electron chi connectivity index (χ2n) is 5.42. The molecule has 1 aliphatic rings. The smallest absolute Gasteiger partial charge is 0.382 e. The number of nitrogens with zero attached hydrogens (tertiary/aromatic N) is 1. The summed E-state index contributed by atoms with van der Waals surface area (Å²) in [7, 11) is 0. The van der Waals surface area contributed by atoms with E-state index >= 15 is 0 Å². The van der Waals surface area contributed by atoms with Crippen molar-refractivity contribution < 1.29 is 27.1 Å². The molecule has 0 radical (unpaired) electrons. The number of alkyl halides is 5. The first-order valence-electron chi connectivity index (χ1n) is 6.74. The van der Waals surface area contributed by atoms with Crippen molar-refractivity contribution in [3.8, 4) is 5.69 Å². The van der Waals surface area contributed by atoms with Crippen LogP contribution in [0.15, 0.2) is 30.5 Å². The van der Waals surface area contributed by atoms with Crippen LogP contribution in [0.4, 0.5) is 22.0 Å². The molecule has 1 aliphatic carbocycles. The van der Waals surface area contributed by atoms with E-state index in [1.165, 1.54) is 12.1 Å². The first-order valence-corrected chi connectivity index (χ1v) is 7.82. The molecule has 2 nitrogen and oxygen atoms in total. The molecular formula is C15H11F5INO. The number of aromatic nitrogens is 1. The van der Waals surface area contributed by atoms with E-state index in [2.05, 4.69) is 0 Å². The minimum Gasteiger partial charge on any atom is -0.382 e. The van der Waals surface area contributed by atoms with E-state index in [9.17, 15) is 27.1 Å². The Labute approximate surface area is 142 Å². The number of fused-ring (bicyclic) bond motifs is 1. The summed E-state index contributed by atoms with van der Waals surface area (Å²) in [4.78, 5) is 0. The van der Waals surface area contributed by atoms with Gasteiger partial charge in [0.2, 0.25) is 0 Å². The van der Waals surface area contributed by atoms with Gasteiger partial charge in [0.15, 0.2) is 0 Å². The second kappa shape index (κ2) is 5.44. The zero-order chi connectivity index (χ0) is 17.0. The molecule has 8 heteroatoms. The summed E-state index contributed by atoms with van der Waals surface area (Å²) >= 11 is 1.85. The first-order chi connectivity index (χ1) is 10.6. The van der Waals surface area contributed by atoms with Crippen LogP contribution < -0.4 is 0 Å². The molecule has 1 heterocycles. The molecule has 0 fully saturated rings. The Bertz CT molecular complexity index is 736. The van der Waals surface area contributed by atoms with Crippen molar-refractivity contribution in [2.24, 2.45) is 0 Å². The molecule has 3 rings (SSSR count). The highest BCUT2D eigenvalue weighted by atomic mass is 127. The fourth-order valence-corrected chi connectivity index (χ4v) is 3.63. The fraction of sp³-hybridized carbons (Fsp3) is 0.333. The molecule has 1 atom stereocenters. The molecule has 23 heavy (non-hydrogen) atoms. The van der Waals surface area contributed by atoms with Gasteiger partial charge < -0.3 is 9.67 Å². The highest BCUT2D eigenvalue weighted by Gasteiger charge is 2.46. The normalized spacial score (nSPS) is 20.4. The van der Waals surface area contributed by atoms with Crippen molar-refractivity contribution in [1.82, 2.24) is 4.57 Å². The molecule has 0 aliphatic heterocycles. The summed E-state index contributed by atoms with van der Waals surface area (Å²) in [6.07, 6.45) is -5.22. The second-order valence-corrected chi connectivity index (χ2v) is 6.58. The number of aliphatic hydroxyl groups excluding tert-OH is 1. The third-order valence-electron chi connectivity index (χ3n) is 3.94. The van der Waals surface area contributed by atoms with Gasteiger partial charge in [-0.25, -0.2) is 8.78 Å². The number of hydrogen-bond donors (Lipinski definition) is 1. The molecule has 1 aromatic heterocycles. The van der Waals surface area contributed by atoms with Crippen molar-refractivity contribution in [3.05, 3.63) is 50.9 Å². The zero-order valence-electron chi connectivity index (χ0n) is 11.5. The highest BCUT2D eigenvalue weighted by Crippen LogP contribution is 2.44. The number of hydrogen-bond acceptors (Lipinski definition) is 1. The van der Waals surface area contributed by atoms with E-state index in [0.717, 1.165) is 12.1 Å². The lowest BCUT2D eigenvalue weighted by Crippen LogP contribution is -2.32. The topological polar surface area (TPSA) is 25.2 Å². The van der Waals surface area contributed by atoms with Gasteiger partial charge in [-0.3, -0.25) is 0 Å². The van der Waals surface area contributed by atoms with Gasteiger partial charge in [-0.05, 0) is 53.3 Å². The summed E-state index contributed by atoms with van der Waals surface area (Å²) in [5, 5.41) is 9.86. The molecule has 0 bridgehead atoms. The molecular weight excluding hydrogens is 432 g/mol. The van der Waals surface area contributed by atoms with Gasteiger partial charge in [0.25, 0.3) is 5.92 Å². The number of halogens is 6. The Kier molecular flexibility index (Phi) is 3.95. The van der Waals surface area contributed by atoms with Crippen LogP contribution in [0.2, 0.25) is 0 Å². The zero-order valence-corrected chi connectivity index (χ0v) is 13.7. The Hall–Kier alpha value is -1.16. The molecule has 1 unspecified atom stereocenters. The molecule has 0 spiro atoms. The van der Waals surface area contributed by atoms with Crippen LogP contribution in [-0.4, -0.2) is 15.6 Å². The van der Waals surface area contributed by atoms with Gasteiger partial charge in [0, 0.05) is 33.1 Å². The Balaban J connectivity index is 2.05. The van der Waals surface area contributed by atoms with Crippen molar-refractivity contribution in [1.29, 1.82) is 0 Å². The lowest BCUT2D eigenvalue weighted by atomic mass is 9.91. The quantitative estimate of drug-likeness (QED) is 0.501. The van der Waals surface area contributed by atoms with Gasteiger partial charge >= 0.3 is 6.18 Å². The Morgan fingerprint density at radius 1 is 1.17 bits per heavy atom. The summed E-state index contributed by atoms with van der Waals surface area (Å²) in [6.45, 7) is 0. The van der Waals surface area contributed by atoms with Crippen LogP contribution in [0, 0.1) is 3.57 Å². The molecule has 0 saturated carbocycles. The van der Waals surface area contributed by atoms with E-state index in [4.69, 9.17) is 0 Å². The van der Waals surface area contributed by atoms with E-state index in [0.29, 0.717) is 15.0 Å². The summed E-state index contributed by atoms with van der Waals surface area (Å²) < 4.78 is 67.2. The van der Waals surface area contributed by atoms with Crippen molar-refractivity contribution >= 4 is 22.6 Å². The lowest BCUT2D eigenvalue weighted by Gasteiger charge is -2.29. The average molecular weight is 443 g/mol. The van der Waals surface area contributed by atoms with Crippen LogP contribution in [0.1, 0.15) is 29.3 Å². The van der Waals surface area contributed by atoms with E-state index in [-0.39, 0.29) is 12.0 Å². The summed E-state index contributed by atoms with van der Waals surface area (Å²) in [5.74, 6) is -3.20. The van der Waals surface area contributed by atoms with Crippen LogP contribution in [0.5, 0.6) is 0 Å². The van der Waals surface area contributed by atoms with Gasteiger partial charge in [0.1, 0.15) is 6.10 Å². The standard InChI is InChI=1S/C15H11F5INO/c16-14(17)6-5-11-12(13(14)23)10(21)7-22(11)9-3-1-8(2-4-9)15(18,19)20/h1-4,7,13,23H,5-6H2. The summed E-state index contributed by atoms with van der Waals surface area (Å²) in [5.41, 5.74) is 0.326. The van der Waals surface area contributed by atoms with Crippen molar-refractivity contribution in [2.45, 2.75) is 31.0 Å². The minimum absolute atomic E-state index is 0.0451. The highest BCUT2D eigenvalue weighted by molar-refractivity contribution is 14.1. The third-order valence-corrected chi connectivity index (χ3v) is 4.80. The van der Waals surface area contributed by atoms with Crippen LogP contribution in [0.25, 0.3) is 5.69 Å². The van der Waals surface area contributed by atoms with Crippen LogP contribution >= 0.6 is 22.6 Å². The SMILES string of the molecule is OC1c2c(I)cn(-c3ccc(C(F)(F)F)cc3)c2CCC1(F)F. The molecule has 124 valence electrons.